The molecule has 0 saturated carbocycles. The number of hydrogen-bond acceptors (Lipinski definition) is 10. The van der Waals surface area contributed by atoms with Crippen LogP contribution in [0, 0.1) is 17.2 Å². The van der Waals surface area contributed by atoms with Gasteiger partial charge in [0, 0.05) is 25.9 Å². The van der Waals surface area contributed by atoms with E-state index < -0.39 is 33.8 Å². The Morgan fingerprint density at radius 1 is 1.23 bits per heavy atom. The topological polar surface area (TPSA) is 147 Å². The Kier molecular flexibility index (Phi) is 9.78. The molecule has 0 aliphatic carbocycles. The zero-order valence-corrected chi connectivity index (χ0v) is 22.6. The van der Waals surface area contributed by atoms with Crippen LogP contribution in [-0.4, -0.2) is 61.8 Å². The van der Waals surface area contributed by atoms with Gasteiger partial charge in [0.25, 0.3) is 0 Å². The van der Waals surface area contributed by atoms with Gasteiger partial charge in [0.1, 0.15) is 11.6 Å². The lowest BCUT2D eigenvalue weighted by molar-refractivity contribution is -0.132. The molecule has 0 spiro atoms. The Morgan fingerprint density at radius 2 is 1.90 bits per heavy atom. The third-order valence-electron chi connectivity index (χ3n) is 6.04. The first-order valence-corrected chi connectivity index (χ1v) is 14.0. The first kappa shape index (κ1) is 29.3. The van der Waals surface area contributed by atoms with Crippen molar-refractivity contribution >= 4 is 33.7 Å². The summed E-state index contributed by atoms with van der Waals surface area (Å²) in [6, 6.07) is 11.9. The van der Waals surface area contributed by atoms with Crippen molar-refractivity contribution in [3.8, 4) is 11.9 Å². The number of carbonyl (C=O) groups excluding carboxylic acids is 3. The number of esters is 2. The SMILES string of the molecule is C=CCN(C(=O)C1CCN(c2nc(OC(C)=O)c(C(=O)OCC)cc2C#N)CC1)S(=O)(=O)Cc1ccccc1. The molecule has 1 saturated heterocycles. The molecule has 206 valence electrons. The highest BCUT2D eigenvalue weighted by Gasteiger charge is 2.35. The summed E-state index contributed by atoms with van der Waals surface area (Å²) in [6.07, 6.45) is 1.96. The van der Waals surface area contributed by atoms with Crippen molar-refractivity contribution in [1.82, 2.24) is 9.29 Å². The molecule has 1 aromatic carbocycles. The molecule has 0 bridgehead atoms. The lowest BCUT2D eigenvalue weighted by atomic mass is 9.95. The molecule has 1 amide bonds. The monoisotopic (exact) mass is 554 g/mol. The molecule has 2 heterocycles. The van der Waals surface area contributed by atoms with Crippen molar-refractivity contribution in [3.05, 3.63) is 65.7 Å². The van der Waals surface area contributed by atoms with Gasteiger partial charge >= 0.3 is 11.9 Å². The van der Waals surface area contributed by atoms with Gasteiger partial charge in [-0.05, 0) is 31.4 Å². The van der Waals surface area contributed by atoms with Crippen molar-refractivity contribution in [3.63, 3.8) is 0 Å². The van der Waals surface area contributed by atoms with Crippen LogP contribution in [0.5, 0.6) is 5.88 Å². The van der Waals surface area contributed by atoms with Crippen molar-refractivity contribution in [2.24, 2.45) is 5.92 Å². The zero-order chi connectivity index (χ0) is 28.6. The molecule has 12 heteroatoms. The Bertz CT molecular complexity index is 1380. The minimum absolute atomic E-state index is 0.0671. The molecule has 39 heavy (non-hydrogen) atoms. The number of anilines is 1. The fraction of sp³-hybridized carbons (Fsp3) is 0.370. The molecule has 0 radical (unpaired) electrons. The second-order valence-electron chi connectivity index (χ2n) is 8.80. The molecule has 1 fully saturated rings. The number of aromatic nitrogens is 1. The molecule has 1 aliphatic heterocycles. The highest BCUT2D eigenvalue weighted by molar-refractivity contribution is 7.88. The van der Waals surface area contributed by atoms with Crippen LogP contribution < -0.4 is 9.64 Å². The van der Waals surface area contributed by atoms with E-state index in [0.717, 1.165) is 11.2 Å². The number of amides is 1. The van der Waals surface area contributed by atoms with Crippen LogP contribution in [0.25, 0.3) is 0 Å². The quantitative estimate of drug-likeness (QED) is 0.317. The van der Waals surface area contributed by atoms with E-state index in [2.05, 4.69) is 11.6 Å². The lowest BCUT2D eigenvalue weighted by Crippen LogP contribution is -2.45. The molecule has 1 aromatic heterocycles. The van der Waals surface area contributed by atoms with E-state index in [9.17, 15) is 28.1 Å². The maximum absolute atomic E-state index is 13.4. The minimum Gasteiger partial charge on any atom is -0.462 e. The number of nitriles is 1. The highest BCUT2D eigenvalue weighted by Crippen LogP contribution is 2.31. The normalized spacial score (nSPS) is 13.7. The molecular weight excluding hydrogens is 524 g/mol. The molecule has 2 aromatic rings. The van der Waals surface area contributed by atoms with Gasteiger partial charge in [-0.2, -0.15) is 10.2 Å². The number of pyridine rings is 1. The van der Waals surface area contributed by atoms with Gasteiger partial charge in [0.15, 0.2) is 5.82 Å². The molecule has 0 unspecified atom stereocenters. The van der Waals surface area contributed by atoms with Gasteiger partial charge in [-0.3, -0.25) is 9.59 Å². The predicted octanol–water partition coefficient (Wildman–Crippen LogP) is 2.82. The minimum atomic E-state index is -3.95. The summed E-state index contributed by atoms with van der Waals surface area (Å²) in [7, 11) is -3.95. The second kappa shape index (κ2) is 13.0. The number of rotatable bonds is 10. The first-order valence-electron chi connectivity index (χ1n) is 12.4. The van der Waals surface area contributed by atoms with E-state index in [1.54, 1.807) is 42.2 Å². The standard InChI is InChI=1S/C27H30N4O7S/c1-4-13-31(39(35,36)18-20-9-7-6-8-10-20)26(33)21-11-14-30(15-12-21)24-22(17-28)16-23(27(34)37-5-2)25(29-24)38-19(3)32/h4,6-10,16,21H,1,5,11-15,18H2,2-3H3. The number of carbonyl (C=O) groups is 3. The first-order chi connectivity index (χ1) is 18.6. The number of piperidine rings is 1. The van der Waals surface area contributed by atoms with Gasteiger partial charge in [-0.15, -0.1) is 6.58 Å². The van der Waals surface area contributed by atoms with Crippen LogP contribution in [-0.2, 0) is 30.1 Å². The third kappa shape index (κ3) is 7.20. The zero-order valence-electron chi connectivity index (χ0n) is 21.8. The Morgan fingerprint density at radius 3 is 2.46 bits per heavy atom. The summed E-state index contributed by atoms with van der Waals surface area (Å²) >= 11 is 0. The molecule has 11 nitrogen and oxygen atoms in total. The summed E-state index contributed by atoms with van der Waals surface area (Å²) in [5, 5.41) is 9.73. The smallest absolute Gasteiger partial charge is 0.343 e. The van der Waals surface area contributed by atoms with Crippen molar-refractivity contribution < 1.29 is 32.3 Å². The third-order valence-corrected chi connectivity index (χ3v) is 7.73. The fourth-order valence-corrected chi connectivity index (χ4v) is 5.77. The average molecular weight is 555 g/mol. The molecule has 1 aliphatic rings. The molecular formula is C27H30N4O7S. The largest absolute Gasteiger partial charge is 0.462 e. The van der Waals surface area contributed by atoms with E-state index in [1.807, 2.05) is 6.07 Å². The number of hydrogen-bond donors (Lipinski definition) is 0. The number of ether oxygens (including phenoxy) is 2. The van der Waals surface area contributed by atoms with Crippen molar-refractivity contribution in [1.29, 1.82) is 5.26 Å². The van der Waals surface area contributed by atoms with E-state index in [-0.39, 0.29) is 54.8 Å². The van der Waals surface area contributed by atoms with Gasteiger partial charge in [-0.25, -0.2) is 17.5 Å². The van der Waals surface area contributed by atoms with Crippen LogP contribution >= 0.6 is 0 Å². The van der Waals surface area contributed by atoms with E-state index in [4.69, 9.17) is 9.47 Å². The van der Waals surface area contributed by atoms with Gasteiger partial charge in [-0.1, -0.05) is 36.4 Å². The summed E-state index contributed by atoms with van der Waals surface area (Å²) in [6.45, 7) is 6.86. The molecule has 0 N–H and O–H groups in total. The molecule has 0 atom stereocenters. The highest BCUT2D eigenvalue weighted by atomic mass is 32.2. The van der Waals surface area contributed by atoms with Crippen LogP contribution in [0.4, 0.5) is 5.82 Å². The second-order valence-corrected chi connectivity index (χ2v) is 10.7. The summed E-state index contributed by atoms with van der Waals surface area (Å²) in [5.41, 5.74) is 0.484. The predicted molar refractivity (Wildman–Crippen MR) is 142 cm³/mol. The van der Waals surface area contributed by atoms with E-state index >= 15 is 0 Å². The van der Waals surface area contributed by atoms with Gasteiger partial charge in [0.2, 0.25) is 21.8 Å². The maximum atomic E-state index is 13.4. The van der Waals surface area contributed by atoms with Crippen molar-refractivity contribution in [2.75, 3.05) is 31.1 Å². The van der Waals surface area contributed by atoms with Crippen molar-refractivity contribution in [2.45, 2.75) is 32.4 Å². The fourth-order valence-electron chi connectivity index (χ4n) is 4.24. The van der Waals surface area contributed by atoms with E-state index in [1.165, 1.54) is 12.1 Å². The summed E-state index contributed by atoms with van der Waals surface area (Å²) in [4.78, 5) is 43.4. The Hall–Kier alpha value is -4.24. The summed E-state index contributed by atoms with van der Waals surface area (Å²) in [5.74, 6) is -2.99. The number of nitrogens with zero attached hydrogens (tertiary/aromatic N) is 4. The van der Waals surface area contributed by atoms with Crippen LogP contribution in [0.3, 0.4) is 0 Å². The Labute approximate surface area is 227 Å². The van der Waals surface area contributed by atoms with Crippen LogP contribution in [0.15, 0.2) is 49.1 Å². The average Bonchev–Trinajstić information content (AvgIpc) is 2.91. The summed E-state index contributed by atoms with van der Waals surface area (Å²) < 4.78 is 37.2. The van der Waals surface area contributed by atoms with Crippen LogP contribution in [0.2, 0.25) is 0 Å². The number of benzene rings is 1. The van der Waals surface area contributed by atoms with Gasteiger partial charge in [0.05, 0.1) is 24.5 Å². The number of sulfonamides is 1. The van der Waals surface area contributed by atoms with Crippen LogP contribution in [0.1, 0.15) is 48.2 Å². The maximum Gasteiger partial charge on any atom is 0.343 e. The lowest BCUT2D eigenvalue weighted by Gasteiger charge is -2.34. The molecule has 3 rings (SSSR count). The Balaban J connectivity index is 1.81. The van der Waals surface area contributed by atoms with Gasteiger partial charge < -0.3 is 14.4 Å². The van der Waals surface area contributed by atoms with E-state index in [0.29, 0.717) is 18.4 Å².